The predicted molar refractivity (Wildman–Crippen MR) is 84.4 cm³/mol. The van der Waals surface area contributed by atoms with E-state index in [-0.39, 0.29) is 6.04 Å². The van der Waals surface area contributed by atoms with Crippen molar-refractivity contribution < 1.29 is 8.42 Å². The van der Waals surface area contributed by atoms with E-state index in [1.165, 1.54) is 0 Å². The zero-order valence-electron chi connectivity index (χ0n) is 13.3. The summed E-state index contributed by atoms with van der Waals surface area (Å²) in [4.78, 5) is 0.372. The molecule has 0 spiro atoms. The number of sulfonamides is 1. The Kier molecular flexibility index (Phi) is 5.21. The van der Waals surface area contributed by atoms with E-state index in [0.717, 1.165) is 17.5 Å². The molecular weight excluding hydrogens is 272 g/mol. The number of anilines is 1. The van der Waals surface area contributed by atoms with E-state index < -0.39 is 10.0 Å². The van der Waals surface area contributed by atoms with Crippen LogP contribution in [0.2, 0.25) is 0 Å². The molecule has 0 bridgehead atoms. The van der Waals surface area contributed by atoms with E-state index in [2.05, 4.69) is 0 Å². The Morgan fingerprint density at radius 1 is 1.20 bits per heavy atom. The van der Waals surface area contributed by atoms with Gasteiger partial charge in [-0.25, -0.2) is 8.42 Å². The van der Waals surface area contributed by atoms with E-state index in [4.69, 9.17) is 5.73 Å². The number of nitrogens with zero attached hydrogens (tertiary/aromatic N) is 1. The van der Waals surface area contributed by atoms with Gasteiger partial charge in [-0.05, 0) is 56.9 Å². The van der Waals surface area contributed by atoms with E-state index in [9.17, 15) is 8.42 Å². The molecule has 0 aliphatic rings. The van der Waals surface area contributed by atoms with Gasteiger partial charge in [0.25, 0.3) is 0 Å². The average Bonchev–Trinajstić information content (AvgIpc) is 2.36. The van der Waals surface area contributed by atoms with E-state index in [0.29, 0.717) is 22.7 Å². The zero-order valence-corrected chi connectivity index (χ0v) is 14.1. The predicted octanol–water partition coefficient (Wildman–Crippen LogP) is 3.00. The maximum Gasteiger partial charge on any atom is 0.243 e. The van der Waals surface area contributed by atoms with Gasteiger partial charge in [-0.2, -0.15) is 4.31 Å². The molecule has 1 rings (SSSR count). The van der Waals surface area contributed by atoms with Crippen LogP contribution in [-0.4, -0.2) is 25.3 Å². The smallest absolute Gasteiger partial charge is 0.243 e. The number of rotatable bonds is 5. The molecule has 0 aromatic heterocycles. The molecular formula is C15H26N2O2S. The van der Waals surface area contributed by atoms with Gasteiger partial charge in [-0.15, -0.1) is 0 Å². The van der Waals surface area contributed by atoms with Crippen molar-refractivity contribution >= 4 is 15.7 Å². The SMILES string of the molecule is CCC(C)N(CC)S(=O)(=O)c1c(C)c(C)cc(N)c1C. The Labute approximate surface area is 123 Å². The molecule has 0 aliphatic heterocycles. The number of hydrogen-bond donors (Lipinski definition) is 1. The Morgan fingerprint density at radius 2 is 1.75 bits per heavy atom. The van der Waals surface area contributed by atoms with Crippen LogP contribution in [-0.2, 0) is 10.0 Å². The standard InChI is InChI=1S/C15H26N2O2S/c1-7-11(4)17(8-2)20(18,19)15-12(5)10(3)9-14(16)13(15)6/h9,11H,7-8,16H2,1-6H3. The van der Waals surface area contributed by atoms with E-state index >= 15 is 0 Å². The van der Waals surface area contributed by atoms with Crippen molar-refractivity contribution in [1.82, 2.24) is 4.31 Å². The molecule has 114 valence electrons. The van der Waals surface area contributed by atoms with Crippen molar-refractivity contribution in [3.63, 3.8) is 0 Å². The van der Waals surface area contributed by atoms with Crippen LogP contribution >= 0.6 is 0 Å². The van der Waals surface area contributed by atoms with Crippen LogP contribution in [0.3, 0.4) is 0 Å². The highest BCUT2D eigenvalue weighted by molar-refractivity contribution is 7.89. The van der Waals surface area contributed by atoms with Crippen LogP contribution in [0, 0.1) is 20.8 Å². The molecule has 0 radical (unpaired) electrons. The highest BCUT2D eigenvalue weighted by atomic mass is 32.2. The third-order valence-corrected chi connectivity index (χ3v) is 6.40. The van der Waals surface area contributed by atoms with Crippen LogP contribution in [0.15, 0.2) is 11.0 Å². The van der Waals surface area contributed by atoms with Crippen LogP contribution < -0.4 is 5.73 Å². The fourth-order valence-electron chi connectivity index (χ4n) is 2.47. The van der Waals surface area contributed by atoms with Gasteiger partial charge in [-0.1, -0.05) is 13.8 Å². The fourth-order valence-corrected chi connectivity index (χ4v) is 4.72. The van der Waals surface area contributed by atoms with Crippen LogP contribution in [0.5, 0.6) is 0 Å². The topological polar surface area (TPSA) is 63.4 Å². The first-order chi connectivity index (χ1) is 9.18. The zero-order chi connectivity index (χ0) is 15.7. The van der Waals surface area contributed by atoms with Gasteiger partial charge in [0.2, 0.25) is 10.0 Å². The Bertz CT molecular complexity index is 568. The second-order valence-corrected chi connectivity index (χ2v) is 7.15. The summed E-state index contributed by atoms with van der Waals surface area (Å²) >= 11 is 0. The summed E-state index contributed by atoms with van der Waals surface area (Å²) in [6.07, 6.45) is 0.784. The number of nitrogen functional groups attached to an aromatic ring is 1. The molecule has 2 N–H and O–H groups in total. The van der Waals surface area contributed by atoms with Crippen molar-refractivity contribution in [2.75, 3.05) is 12.3 Å². The minimum atomic E-state index is -3.52. The number of benzene rings is 1. The normalized spacial score (nSPS) is 13.8. The number of hydrogen-bond acceptors (Lipinski definition) is 3. The van der Waals surface area contributed by atoms with Gasteiger partial charge in [0.1, 0.15) is 0 Å². The van der Waals surface area contributed by atoms with Gasteiger partial charge < -0.3 is 5.73 Å². The minimum absolute atomic E-state index is 0.0227. The van der Waals surface area contributed by atoms with Gasteiger partial charge in [0, 0.05) is 18.3 Å². The fraction of sp³-hybridized carbons (Fsp3) is 0.600. The molecule has 1 unspecified atom stereocenters. The van der Waals surface area contributed by atoms with Crippen LogP contribution in [0.25, 0.3) is 0 Å². The van der Waals surface area contributed by atoms with Gasteiger partial charge in [0.05, 0.1) is 4.90 Å². The summed E-state index contributed by atoms with van der Waals surface area (Å²) in [5.74, 6) is 0. The highest BCUT2D eigenvalue weighted by Gasteiger charge is 2.30. The first-order valence-corrected chi connectivity index (χ1v) is 8.50. The second kappa shape index (κ2) is 6.14. The molecule has 0 saturated carbocycles. The number of nitrogens with two attached hydrogens (primary N) is 1. The Balaban J connectivity index is 3.58. The van der Waals surface area contributed by atoms with Crippen molar-refractivity contribution in [3.8, 4) is 0 Å². The molecule has 0 heterocycles. The molecule has 1 aromatic carbocycles. The summed E-state index contributed by atoms with van der Waals surface area (Å²) in [7, 11) is -3.52. The van der Waals surface area contributed by atoms with Crippen molar-refractivity contribution in [2.24, 2.45) is 0 Å². The highest BCUT2D eigenvalue weighted by Crippen LogP contribution is 2.31. The molecule has 4 nitrogen and oxygen atoms in total. The van der Waals surface area contributed by atoms with E-state index in [1.54, 1.807) is 11.2 Å². The summed E-state index contributed by atoms with van der Waals surface area (Å²) in [5, 5.41) is 0. The number of aryl methyl sites for hydroxylation is 1. The van der Waals surface area contributed by atoms with Gasteiger partial charge in [0.15, 0.2) is 0 Å². The van der Waals surface area contributed by atoms with E-state index in [1.807, 2.05) is 40.7 Å². The maximum atomic E-state index is 13.0. The van der Waals surface area contributed by atoms with Crippen molar-refractivity contribution in [2.45, 2.75) is 58.9 Å². The molecule has 5 heteroatoms. The van der Waals surface area contributed by atoms with Gasteiger partial charge >= 0.3 is 0 Å². The summed E-state index contributed by atoms with van der Waals surface area (Å²) in [6.45, 7) is 11.8. The Hall–Kier alpha value is -1.07. The lowest BCUT2D eigenvalue weighted by Crippen LogP contribution is -2.38. The minimum Gasteiger partial charge on any atom is -0.398 e. The monoisotopic (exact) mass is 298 g/mol. The molecule has 1 atom stereocenters. The molecule has 1 aromatic rings. The lowest BCUT2D eigenvalue weighted by molar-refractivity contribution is 0.342. The third-order valence-electron chi connectivity index (χ3n) is 4.04. The molecule has 0 saturated heterocycles. The molecule has 0 fully saturated rings. The summed E-state index contributed by atoms with van der Waals surface area (Å²) in [5.41, 5.74) is 8.84. The molecule has 0 aliphatic carbocycles. The maximum absolute atomic E-state index is 13.0. The quantitative estimate of drug-likeness (QED) is 0.850. The van der Waals surface area contributed by atoms with Crippen molar-refractivity contribution in [1.29, 1.82) is 0 Å². The first kappa shape index (κ1) is 17.0. The second-order valence-electron chi connectivity index (χ2n) is 5.33. The van der Waals surface area contributed by atoms with Crippen LogP contribution in [0.4, 0.5) is 5.69 Å². The van der Waals surface area contributed by atoms with Crippen LogP contribution in [0.1, 0.15) is 43.9 Å². The summed E-state index contributed by atoms with van der Waals surface area (Å²) in [6, 6.07) is 1.81. The van der Waals surface area contributed by atoms with Crippen molar-refractivity contribution in [3.05, 3.63) is 22.8 Å². The lowest BCUT2D eigenvalue weighted by Gasteiger charge is -2.28. The lowest BCUT2D eigenvalue weighted by atomic mass is 10.1. The largest absolute Gasteiger partial charge is 0.398 e. The molecule has 0 amide bonds. The molecule has 20 heavy (non-hydrogen) atoms. The third kappa shape index (κ3) is 2.83. The van der Waals surface area contributed by atoms with Gasteiger partial charge in [-0.3, -0.25) is 0 Å². The first-order valence-electron chi connectivity index (χ1n) is 7.06. The average molecular weight is 298 g/mol. The summed E-state index contributed by atoms with van der Waals surface area (Å²) < 4.78 is 27.5. The Morgan fingerprint density at radius 3 is 2.20 bits per heavy atom.